The Morgan fingerprint density at radius 1 is 1.33 bits per heavy atom. The average molecular weight is 203 g/mol. The number of carbonyl (C=O) groups is 1. The van der Waals surface area contributed by atoms with E-state index in [0.29, 0.717) is 0 Å². The molecule has 1 aromatic carbocycles. The number of hydrogen-bond acceptors (Lipinski definition) is 1. The molecule has 80 valence electrons. The molecule has 0 saturated carbocycles. The fourth-order valence-electron chi connectivity index (χ4n) is 2.25. The Morgan fingerprint density at radius 3 is 2.67 bits per heavy atom. The van der Waals surface area contributed by atoms with Crippen molar-refractivity contribution >= 4 is 11.6 Å². The molecule has 2 heteroatoms. The third-order valence-electron chi connectivity index (χ3n) is 3.26. The predicted molar refractivity (Wildman–Crippen MR) is 62.1 cm³/mol. The van der Waals surface area contributed by atoms with Crippen molar-refractivity contribution in [3.05, 3.63) is 29.8 Å². The fourth-order valence-corrected chi connectivity index (χ4v) is 2.25. The van der Waals surface area contributed by atoms with E-state index >= 15 is 0 Å². The number of benzene rings is 1. The summed E-state index contributed by atoms with van der Waals surface area (Å²) in [6.45, 7) is 6.95. The summed E-state index contributed by atoms with van der Waals surface area (Å²) in [7, 11) is 0. The summed E-state index contributed by atoms with van der Waals surface area (Å²) in [4.78, 5) is 13.4. The van der Waals surface area contributed by atoms with Crippen LogP contribution in [0.4, 0.5) is 5.69 Å². The van der Waals surface area contributed by atoms with E-state index in [4.69, 9.17) is 0 Å². The Bertz CT molecular complexity index is 395. The van der Waals surface area contributed by atoms with Crippen LogP contribution in [-0.4, -0.2) is 12.5 Å². The smallest absolute Gasteiger partial charge is 0.223 e. The van der Waals surface area contributed by atoms with E-state index in [1.807, 2.05) is 23.1 Å². The molecule has 0 bridgehead atoms. The highest BCUT2D eigenvalue weighted by molar-refractivity contribution is 5.93. The molecule has 0 spiro atoms. The van der Waals surface area contributed by atoms with Gasteiger partial charge in [0.25, 0.3) is 0 Å². The minimum Gasteiger partial charge on any atom is -0.312 e. The standard InChI is InChI=1S/C13H17NO/c1-10(15)14-9-8-13(2,3)11-6-4-5-7-12(11)14/h4-7H,8-9H2,1-3H3. The maximum atomic E-state index is 11.5. The normalized spacial score (nSPS) is 18.5. The highest BCUT2D eigenvalue weighted by Gasteiger charge is 2.31. The molecule has 0 N–H and O–H groups in total. The minimum atomic E-state index is 0.137. The Kier molecular flexibility index (Phi) is 2.29. The molecule has 0 aliphatic carbocycles. The van der Waals surface area contributed by atoms with E-state index in [1.165, 1.54) is 5.56 Å². The van der Waals surface area contributed by atoms with Gasteiger partial charge in [0, 0.05) is 19.2 Å². The third-order valence-corrected chi connectivity index (χ3v) is 3.26. The lowest BCUT2D eigenvalue weighted by molar-refractivity contribution is -0.116. The van der Waals surface area contributed by atoms with Crippen molar-refractivity contribution in [1.29, 1.82) is 0 Å². The molecule has 2 rings (SSSR count). The predicted octanol–water partition coefficient (Wildman–Crippen LogP) is 2.72. The van der Waals surface area contributed by atoms with E-state index < -0.39 is 0 Å². The Balaban J connectivity index is 2.53. The summed E-state index contributed by atoms with van der Waals surface area (Å²) in [6.07, 6.45) is 1.03. The van der Waals surface area contributed by atoms with Crippen molar-refractivity contribution in [1.82, 2.24) is 0 Å². The van der Waals surface area contributed by atoms with Gasteiger partial charge in [-0.15, -0.1) is 0 Å². The molecule has 1 heterocycles. The first kappa shape index (κ1) is 10.2. The Morgan fingerprint density at radius 2 is 2.00 bits per heavy atom. The molecular formula is C13H17NO. The van der Waals surface area contributed by atoms with Gasteiger partial charge in [-0.1, -0.05) is 32.0 Å². The van der Waals surface area contributed by atoms with Gasteiger partial charge in [-0.25, -0.2) is 0 Å². The van der Waals surface area contributed by atoms with E-state index in [1.54, 1.807) is 6.92 Å². The van der Waals surface area contributed by atoms with Crippen molar-refractivity contribution < 1.29 is 4.79 Å². The van der Waals surface area contributed by atoms with Crippen molar-refractivity contribution in [2.75, 3.05) is 11.4 Å². The number of amides is 1. The average Bonchev–Trinajstić information content (AvgIpc) is 2.17. The van der Waals surface area contributed by atoms with Gasteiger partial charge in [0.1, 0.15) is 0 Å². The van der Waals surface area contributed by atoms with Crippen LogP contribution in [0.5, 0.6) is 0 Å². The first-order valence-electron chi connectivity index (χ1n) is 5.40. The first-order valence-corrected chi connectivity index (χ1v) is 5.40. The molecule has 0 unspecified atom stereocenters. The monoisotopic (exact) mass is 203 g/mol. The highest BCUT2D eigenvalue weighted by Crippen LogP contribution is 2.39. The molecule has 0 aromatic heterocycles. The number of anilines is 1. The zero-order valence-corrected chi connectivity index (χ0v) is 9.58. The number of nitrogens with zero attached hydrogens (tertiary/aromatic N) is 1. The van der Waals surface area contributed by atoms with Gasteiger partial charge < -0.3 is 4.90 Å². The molecule has 0 saturated heterocycles. The number of carbonyl (C=O) groups excluding carboxylic acids is 1. The van der Waals surface area contributed by atoms with Crippen LogP contribution >= 0.6 is 0 Å². The number of rotatable bonds is 0. The van der Waals surface area contributed by atoms with Crippen LogP contribution in [-0.2, 0) is 10.2 Å². The maximum absolute atomic E-state index is 11.5. The quantitative estimate of drug-likeness (QED) is 0.635. The minimum absolute atomic E-state index is 0.137. The zero-order chi connectivity index (χ0) is 11.1. The van der Waals surface area contributed by atoms with Crippen molar-refractivity contribution in [2.24, 2.45) is 0 Å². The van der Waals surface area contributed by atoms with E-state index in [0.717, 1.165) is 18.7 Å². The molecule has 15 heavy (non-hydrogen) atoms. The summed E-state index contributed by atoms with van der Waals surface area (Å²) < 4.78 is 0. The number of para-hydroxylation sites is 1. The zero-order valence-electron chi connectivity index (χ0n) is 9.58. The van der Waals surface area contributed by atoms with Crippen LogP contribution < -0.4 is 4.90 Å². The first-order chi connectivity index (χ1) is 7.02. The topological polar surface area (TPSA) is 20.3 Å². The van der Waals surface area contributed by atoms with Gasteiger partial charge in [-0.3, -0.25) is 4.79 Å². The van der Waals surface area contributed by atoms with E-state index in [9.17, 15) is 4.79 Å². The molecule has 1 aromatic rings. The van der Waals surface area contributed by atoms with Crippen LogP contribution in [0.1, 0.15) is 32.8 Å². The fraction of sp³-hybridized carbons (Fsp3) is 0.462. The lowest BCUT2D eigenvalue weighted by Gasteiger charge is -2.38. The number of fused-ring (bicyclic) bond motifs is 1. The van der Waals surface area contributed by atoms with Crippen molar-refractivity contribution in [3.8, 4) is 0 Å². The second-order valence-electron chi connectivity index (χ2n) is 4.82. The second-order valence-corrected chi connectivity index (χ2v) is 4.82. The molecule has 0 atom stereocenters. The number of hydrogen-bond donors (Lipinski definition) is 0. The van der Waals surface area contributed by atoms with Crippen LogP contribution in [0, 0.1) is 0 Å². The van der Waals surface area contributed by atoms with Gasteiger partial charge in [0.15, 0.2) is 0 Å². The largest absolute Gasteiger partial charge is 0.312 e. The molecule has 0 fully saturated rings. The molecule has 1 amide bonds. The maximum Gasteiger partial charge on any atom is 0.223 e. The molecule has 1 aliphatic rings. The van der Waals surface area contributed by atoms with Gasteiger partial charge in [0.2, 0.25) is 5.91 Å². The summed E-state index contributed by atoms with van der Waals surface area (Å²) >= 11 is 0. The molecule has 2 nitrogen and oxygen atoms in total. The molecular weight excluding hydrogens is 186 g/mol. The second kappa shape index (κ2) is 3.37. The lowest BCUT2D eigenvalue weighted by Crippen LogP contribution is -2.39. The molecule has 0 radical (unpaired) electrons. The van der Waals surface area contributed by atoms with Gasteiger partial charge >= 0.3 is 0 Å². The Hall–Kier alpha value is -1.31. The van der Waals surface area contributed by atoms with E-state index in [2.05, 4.69) is 19.9 Å². The van der Waals surface area contributed by atoms with Gasteiger partial charge in [-0.2, -0.15) is 0 Å². The summed E-state index contributed by atoms with van der Waals surface area (Å²) in [5.74, 6) is 0.137. The van der Waals surface area contributed by atoms with Gasteiger partial charge in [0.05, 0.1) is 0 Å². The summed E-state index contributed by atoms with van der Waals surface area (Å²) in [5, 5.41) is 0. The van der Waals surface area contributed by atoms with Crippen molar-refractivity contribution in [2.45, 2.75) is 32.6 Å². The Labute approximate surface area is 90.9 Å². The van der Waals surface area contributed by atoms with Crippen LogP contribution in [0.15, 0.2) is 24.3 Å². The van der Waals surface area contributed by atoms with E-state index in [-0.39, 0.29) is 11.3 Å². The van der Waals surface area contributed by atoms with Crippen LogP contribution in [0.2, 0.25) is 0 Å². The lowest BCUT2D eigenvalue weighted by atomic mass is 9.78. The summed E-state index contributed by atoms with van der Waals surface area (Å²) in [6, 6.07) is 8.21. The van der Waals surface area contributed by atoms with Gasteiger partial charge in [-0.05, 0) is 23.5 Å². The van der Waals surface area contributed by atoms with Crippen LogP contribution in [0.25, 0.3) is 0 Å². The van der Waals surface area contributed by atoms with Crippen molar-refractivity contribution in [3.63, 3.8) is 0 Å². The highest BCUT2D eigenvalue weighted by atomic mass is 16.2. The molecule has 1 aliphatic heterocycles. The van der Waals surface area contributed by atoms with Crippen LogP contribution in [0.3, 0.4) is 0 Å². The summed E-state index contributed by atoms with van der Waals surface area (Å²) in [5.41, 5.74) is 2.55. The third kappa shape index (κ3) is 1.65. The SMILES string of the molecule is CC(=O)N1CCC(C)(C)c2ccccc21.